The molecule has 0 bridgehead atoms. The van der Waals surface area contributed by atoms with Gasteiger partial charge in [0.2, 0.25) is 10.0 Å². The number of rotatable bonds is 6. The lowest BCUT2D eigenvalue weighted by Crippen LogP contribution is -2.28. The maximum absolute atomic E-state index is 13.2. The molecule has 0 spiro atoms. The van der Waals surface area contributed by atoms with Gasteiger partial charge in [-0.15, -0.1) is 0 Å². The van der Waals surface area contributed by atoms with E-state index in [9.17, 15) is 12.8 Å². The molecule has 0 atom stereocenters. The molecule has 3 N–H and O–H groups in total. The van der Waals surface area contributed by atoms with E-state index in [1.165, 1.54) is 18.9 Å². The molecule has 0 saturated heterocycles. The molecule has 1 saturated carbocycles. The average molecular weight is 302 g/mol. The molecule has 7 heteroatoms. The van der Waals surface area contributed by atoms with Gasteiger partial charge in [-0.25, -0.2) is 17.5 Å². The van der Waals surface area contributed by atoms with E-state index in [0.29, 0.717) is 6.61 Å². The van der Waals surface area contributed by atoms with E-state index in [2.05, 4.69) is 4.72 Å². The monoisotopic (exact) mass is 302 g/mol. The number of nitrogens with one attached hydrogen (secondary N) is 1. The lowest BCUT2D eigenvalue weighted by Gasteiger charge is -2.12. The molecule has 0 heterocycles. The number of anilines is 1. The van der Waals surface area contributed by atoms with Crippen LogP contribution in [0.4, 0.5) is 10.1 Å². The van der Waals surface area contributed by atoms with Crippen molar-refractivity contribution in [3.05, 3.63) is 24.0 Å². The summed E-state index contributed by atoms with van der Waals surface area (Å²) in [6.45, 7) is 0.476. The number of hydrogen-bond donors (Lipinski definition) is 2. The van der Waals surface area contributed by atoms with Gasteiger partial charge in [-0.1, -0.05) is 12.8 Å². The first-order valence-electron chi connectivity index (χ1n) is 6.65. The van der Waals surface area contributed by atoms with E-state index in [-0.39, 0.29) is 23.2 Å². The van der Waals surface area contributed by atoms with Crippen molar-refractivity contribution in [2.75, 3.05) is 18.9 Å². The van der Waals surface area contributed by atoms with Gasteiger partial charge in [-0.3, -0.25) is 0 Å². The van der Waals surface area contributed by atoms with Crippen molar-refractivity contribution in [1.29, 1.82) is 0 Å². The van der Waals surface area contributed by atoms with Crippen LogP contribution >= 0.6 is 0 Å². The summed E-state index contributed by atoms with van der Waals surface area (Å²) in [5.74, 6) is -0.674. The molecule has 5 nitrogen and oxygen atoms in total. The second kappa shape index (κ2) is 6.51. The first kappa shape index (κ1) is 15.2. The molecule has 1 aliphatic carbocycles. The Hall–Kier alpha value is -1.18. The van der Waals surface area contributed by atoms with E-state index >= 15 is 0 Å². The standard InChI is InChI=1S/C13H19FN2O3S/c14-10-7-11(15)9-13(8-10)20(17,18)16-5-6-19-12-3-1-2-4-12/h7-9,12,16H,1-6,15H2. The van der Waals surface area contributed by atoms with Gasteiger partial charge in [0.25, 0.3) is 0 Å². The van der Waals surface area contributed by atoms with Crippen LogP contribution in [0.5, 0.6) is 0 Å². The first-order chi connectivity index (χ1) is 9.47. The zero-order valence-corrected chi connectivity index (χ0v) is 12.0. The van der Waals surface area contributed by atoms with Crippen LogP contribution in [0.1, 0.15) is 25.7 Å². The smallest absolute Gasteiger partial charge is 0.240 e. The van der Waals surface area contributed by atoms with Gasteiger partial charge >= 0.3 is 0 Å². The molecule has 2 rings (SSSR count). The minimum absolute atomic E-state index is 0.0765. The summed E-state index contributed by atoms with van der Waals surface area (Å²) < 4.78 is 45.0. The van der Waals surface area contributed by atoms with Crippen molar-refractivity contribution >= 4 is 15.7 Å². The van der Waals surface area contributed by atoms with Crippen LogP contribution in [0.3, 0.4) is 0 Å². The summed E-state index contributed by atoms with van der Waals surface area (Å²) in [6, 6.07) is 3.24. The molecule has 0 aliphatic heterocycles. The molecular formula is C13H19FN2O3S. The topological polar surface area (TPSA) is 81.4 Å². The molecular weight excluding hydrogens is 283 g/mol. The van der Waals surface area contributed by atoms with Crippen LogP contribution in [0.25, 0.3) is 0 Å². The highest BCUT2D eigenvalue weighted by molar-refractivity contribution is 7.89. The Kier molecular flexibility index (Phi) is 4.95. The second-order valence-electron chi connectivity index (χ2n) is 4.90. The van der Waals surface area contributed by atoms with Crippen molar-refractivity contribution in [3.8, 4) is 0 Å². The number of sulfonamides is 1. The van der Waals surface area contributed by atoms with Crippen LogP contribution in [0.15, 0.2) is 23.1 Å². The van der Waals surface area contributed by atoms with Crippen LogP contribution < -0.4 is 10.5 Å². The van der Waals surface area contributed by atoms with Crippen molar-refractivity contribution < 1.29 is 17.5 Å². The van der Waals surface area contributed by atoms with Gasteiger partial charge in [0, 0.05) is 12.2 Å². The number of hydrogen-bond acceptors (Lipinski definition) is 4. The fraction of sp³-hybridized carbons (Fsp3) is 0.538. The first-order valence-corrected chi connectivity index (χ1v) is 8.13. The number of ether oxygens (including phenoxy) is 1. The molecule has 0 radical (unpaired) electrons. The Labute approximate surface area is 118 Å². The predicted molar refractivity (Wildman–Crippen MR) is 74.2 cm³/mol. The van der Waals surface area contributed by atoms with E-state index in [0.717, 1.165) is 25.0 Å². The van der Waals surface area contributed by atoms with Crippen LogP contribution in [0, 0.1) is 5.82 Å². The van der Waals surface area contributed by atoms with E-state index in [1.54, 1.807) is 0 Å². The van der Waals surface area contributed by atoms with Gasteiger partial charge in [-0.05, 0) is 31.0 Å². The summed E-state index contributed by atoms with van der Waals surface area (Å²) in [5, 5.41) is 0. The zero-order chi connectivity index (χ0) is 14.6. The maximum Gasteiger partial charge on any atom is 0.240 e. The quantitative estimate of drug-likeness (QED) is 0.618. The summed E-state index contributed by atoms with van der Waals surface area (Å²) in [6.07, 6.45) is 4.64. The van der Waals surface area contributed by atoms with Gasteiger partial charge in [0.05, 0.1) is 17.6 Å². The number of nitrogen functional groups attached to an aromatic ring is 1. The summed E-state index contributed by atoms with van der Waals surface area (Å²) in [7, 11) is -3.75. The van der Waals surface area contributed by atoms with Gasteiger partial charge in [0.15, 0.2) is 0 Å². The number of nitrogens with two attached hydrogens (primary N) is 1. The third-order valence-electron chi connectivity index (χ3n) is 3.25. The van der Waals surface area contributed by atoms with Gasteiger partial charge in [-0.2, -0.15) is 0 Å². The Bertz CT molecular complexity index is 536. The Balaban J connectivity index is 1.86. The van der Waals surface area contributed by atoms with E-state index in [1.807, 2.05) is 0 Å². The normalized spacial score (nSPS) is 16.6. The molecule has 0 unspecified atom stereocenters. The molecule has 0 amide bonds. The van der Waals surface area contributed by atoms with Crippen LogP contribution in [-0.4, -0.2) is 27.7 Å². The molecule has 1 aliphatic rings. The largest absolute Gasteiger partial charge is 0.399 e. The Morgan fingerprint density at radius 3 is 2.65 bits per heavy atom. The summed E-state index contributed by atoms with van der Waals surface area (Å²) in [5.41, 5.74) is 5.51. The third-order valence-corrected chi connectivity index (χ3v) is 4.69. The third kappa shape index (κ3) is 4.16. The zero-order valence-electron chi connectivity index (χ0n) is 11.1. The Morgan fingerprint density at radius 2 is 2.00 bits per heavy atom. The van der Waals surface area contributed by atoms with Crippen molar-refractivity contribution in [3.63, 3.8) is 0 Å². The lowest BCUT2D eigenvalue weighted by atomic mass is 10.3. The highest BCUT2D eigenvalue weighted by atomic mass is 32.2. The SMILES string of the molecule is Nc1cc(F)cc(S(=O)(=O)NCCOC2CCCC2)c1. The summed E-state index contributed by atoms with van der Waals surface area (Å²) >= 11 is 0. The average Bonchev–Trinajstić information content (AvgIpc) is 2.86. The van der Waals surface area contributed by atoms with Crippen LogP contribution in [-0.2, 0) is 14.8 Å². The van der Waals surface area contributed by atoms with Crippen molar-refractivity contribution in [2.24, 2.45) is 0 Å². The number of halogens is 1. The summed E-state index contributed by atoms with van der Waals surface area (Å²) in [4.78, 5) is -0.170. The van der Waals surface area contributed by atoms with Crippen molar-refractivity contribution in [1.82, 2.24) is 4.72 Å². The molecule has 1 aromatic carbocycles. The minimum atomic E-state index is -3.75. The minimum Gasteiger partial charge on any atom is -0.399 e. The van der Waals surface area contributed by atoms with Gasteiger partial charge < -0.3 is 10.5 Å². The molecule has 1 aromatic rings. The molecule has 112 valence electrons. The molecule has 1 fully saturated rings. The fourth-order valence-corrected chi connectivity index (χ4v) is 3.36. The second-order valence-corrected chi connectivity index (χ2v) is 6.66. The lowest BCUT2D eigenvalue weighted by molar-refractivity contribution is 0.0626. The molecule has 0 aromatic heterocycles. The van der Waals surface area contributed by atoms with Gasteiger partial charge in [0.1, 0.15) is 5.82 Å². The Morgan fingerprint density at radius 1 is 1.30 bits per heavy atom. The predicted octanol–water partition coefficient (Wildman–Crippen LogP) is 1.65. The van der Waals surface area contributed by atoms with Crippen molar-refractivity contribution in [2.45, 2.75) is 36.7 Å². The highest BCUT2D eigenvalue weighted by Crippen LogP contribution is 2.20. The fourth-order valence-electron chi connectivity index (χ4n) is 2.28. The maximum atomic E-state index is 13.2. The van der Waals surface area contributed by atoms with E-state index in [4.69, 9.17) is 10.5 Å². The molecule has 20 heavy (non-hydrogen) atoms. The number of benzene rings is 1. The highest BCUT2D eigenvalue weighted by Gasteiger charge is 2.17. The van der Waals surface area contributed by atoms with Crippen LogP contribution in [0.2, 0.25) is 0 Å². The van der Waals surface area contributed by atoms with E-state index < -0.39 is 15.8 Å².